The molecule has 2 N–H and O–H groups in total. The highest BCUT2D eigenvalue weighted by molar-refractivity contribution is 7.90. The van der Waals surface area contributed by atoms with E-state index in [0.717, 1.165) is 6.26 Å². The van der Waals surface area contributed by atoms with Gasteiger partial charge in [-0.2, -0.15) is 5.10 Å². The summed E-state index contributed by atoms with van der Waals surface area (Å²) in [7, 11) is -3.63. The Labute approximate surface area is 91.0 Å². The van der Waals surface area contributed by atoms with Gasteiger partial charge in [0.2, 0.25) is 5.03 Å². The highest BCUT2D eigenvalue weighted by Gasteiger charge is 2.24. The van der Waals surface area contributed by atoms with Crippen molar-refractivity contribution in [2.75, 3.05) is 11.5 Å². The van der Waals surface area contributed by atoms with Gasteiger partial charge in [0.05, 0.1) is 5.52 Å². The number of hydrogen-bond donors (Lipinski definition) is 2. The van der Waals surface area contributed by atoms with E-state index in [4.69, 9.17) is 10.4 Å². The summed E-state index contributed by atoms with van der Waals surface area (Å²) in [6, 6.07) is 4.81. The number of anilines is 1. The lowest BCUT2D eigenvalue weighted by Gasteiger charge is -2.06. The topological polar surface area (TPSA) is 95.1 Å². The predicted molar refractivity (Wildman–Crippen MR) is 54.4 cm³/mol. The molecular weight excluding hydrogens is 234 g/mol. The van der Waals surface area contributed by atoms with Crippen LogP contribution < -0.4 is 5.23 Å². The van der Waals surface area contributed by atoms with Crippen molar-refractivity contribution in [1.29, 1.82) is 0 Å². The van der Waals surface area contributed by atoms with Crippen molar-refractivity contribution in [3.05, 3.63) is 24.4 Å². The first-order chi connectivity index (χ1) is 7.41. The molecule has 2 rings (SSSR count). The van der Waals surface area contributed by atoms with Gasteiger partial charge in [0.1, 0.15) is 0 Å². The van der Waals surface area contributed by atoms with E-state index < -0.39 is 9.84 Å². The monoisotopic (exact) mass is 243 g/mol. The highest BCUT2D eigenvalue weighted by Crippen LogP contribution is 2.27. The van der Waals surface area contributed by atoms with Gasteiger partial charge >= 0.3 is 0 Å². The SMILES string of the molecule is CS(=O)(=O)c1nn2ccccc2c1N(O)O. The maximum Gasteiger partial charge on any atom is 0.206 e. The molecule has 0 unspecified atom stereocenters. The molecule has 7 nitrogen and oxygen atoms in total. The average Bonchev–Trinajstić information content (AvgIpc) is 2.55. The highest BCUT2D eigenvalue weighted by atomic mass is 32.2. The van der Waals surface area contributed by atoms with Crippen LogP contribution in [0.2, 0.25) is 0 Å². The molecule has 0 saturated heterocycles. The van der Waals surface area contributed by atoms with Crippen molar-refractivity contribution in [2.24, 2.45) is 0 Å². The minimum atomic E-state index is -3.63. The standard InChI is InChI=1S/C8H9N3O4S/c1-16(14,15)8-7(11(12)13)6-4-2-3-5-10(6)9-8/h2-5,12-13H,1H3. The quantitative estimate of drug-likeness (QED) is 0.738. The second kappa shape index (κ2) is 3.44. The van der Waals surface area contributed by atoms with Crippen LogP contribution in [0.15, 0.2) is 29.4 Å². The zero-order valence-electron chi connectivity index (χ0n) is 8.27. The lowest BCUT2D eigenvalue weighted by molar-refractivity contribution is 0.0284. The van der Waals surface area contributed by atoms with Crippen LogP contribution in [0, 0.1) is 0 Å². The Balaban J connectivity index is 2.89. The predicted octanol–water partition coefficient (Wildman–Crippen LogP) is 0.323. The Bertz CT molecular complexity index is 632. The smallest absolute Gasteiger partial charge is 0.206 e. The Hall–Kier alpha value is -1.64. The van der Waals surface area contributed by atoms with Crippen LogP contribution in [0.25, 0.3) is 5.52 Å². The third-order valence-electron chi connectivity index (χ3n) is 2.03. The van der Waals surface area contributed by atoms with E-state index >= 15 is 0 Å². The molecule has 0 spiro atoms. The molecule has 0 bridgehead atoms. The summed E-state index contributed by atoms with van der Waals surface area (Å²) in [5.41, 5.74) is 0.0241. The maximum absolute atomic E-state index is 11.4. The molecule has 2 aromatic rings. The Morgan fingerprint density at radius 1 is 1.38 bits per heavy atom. The van der Waals surface area contributed by atoms with Gasteiger partial charge in [0, 0.05) is 12.5 Å². The van der Waals surface area contributed by atoms with E-state index in [1.807, 2.05) is 0 Å². The number of fused-ring (bicyclic) bond motifs is 1. The lowest BCUT2D eigenvalue weighted by Crippen LogP contribution is -2.14. The zero-order valence-corrected chi connectivity index (χ0v) is 9.09. The van der Waals surface area contributed by atoms with E-state index in [9.17, 15) is 8.42 Å². The maximum atomic E-state index is 11.4. The molecule has 0 amide bonds. The molecule has 0 aromatic carbocycles. The number of nitrogens with zero attached hydrogens (tertiary/aromatic N) is 3. The molecule has 2 aromatic heterocycles. The van der Waals surface area contributed by atoms with Gasteiger partial charge < -0.3 is 0 Å². The van der Waals surface area contributed by atoms with Gasteiger partial charge in [0.25, 0.3) is 0 Å². The first-order valence-corrected chi connectivity index (χ1v) is 6.15. The summed E-state index contributed by atoms with van der Waals surface area (Å²) in [5.74, 6) is 0. The van der Waals surface area contributed by atoms with Crippen LogP contribution in [-0.4, -0.2) is 34.7 Å². The van der Waals surface area contributed by atoms with E-state index in [1.165, 1.54) is 16.8 Å². The van der Waals surface area contributed by atoms with Crippen molar-refractivity contribution in [2.45, 2.75) is 5.03 Å². The Morgan fingerprint density at radius 2 is 2.06 bits per heavy atom. The number of hydrogen-bond acceptors (Lipinski definition) is 6. The summed E-state index contributed by atoms with van der Waals surface area (Å²) in [6.07, 6.45) is 2.46. The van der Waals surface area contributed by atoms with Crippen molar-refractivity contribution in [3.63, 3.8) is 0 Å². The van der Waals surface area contributed by atoms with Crippen LogP contribution in [0.4, 0.5) is 5.69 Å². The summed E-state index contributed by atoms with van der Waals surface area (Å²) >= 11 is 0. The Kier molecular flexibility index (Phi) is 2.34. The van der Waals surface area contributed by atoms with Gasteiger partial charge in [0.15, 0.2) is 15.5 Å². The molecule has 0 aliphatic carbocycles. The molecule has 86 valence electrons. The molecule has 0 radical (unpaired) electrons. The first-order valence-electron chi connectivity index (χ1n) is 4.26. The minimum absolute atomic E-state index is 0.237. The van der Waals surface area contributed by atoms with Crippen LogP contribution in [0.5, 0.6) is 0 Å². The molecule has 0 saturated carbocycles. The fraction of sp³-hybridized carbons (Fsp3) is 0.125. The van der Waals surface area contributed by atoms with E-state index in [-0.39, 0.29) is 21.5 Å². The van der Waals surface area contributed by atoms with Gasteiger partial charge in [-0.15, -0.1) is 5.23 Å². The molecule has 8 heteroatoms. The fourth-order valence-electron chi connectivity index (χ4n) is 1.40. The van der Waals surface area contributed by atoms with Crippen molar-refractivity contribution >= 4 is 21.0 Å². The minimum Gasteiger partial charge on any atom is -0.264 e. The number of rotatable bonds is 2. The zero-order chi connectivity index (χ0) is 11.9. The normalized spacial score (nSPS) is 11.9. The van der Waals surface area contributed by atoms with Crippen LogP contribution in [0.3, 0.4) is 0 Å². The van der Waals surface area contributed by atoms with Crippen LogP contribution >= 0.6 is 0 Å². The lowest BCUT2D eigenvalue weighted by atomic mass is 10.4. The average molecular weight is 243 g/mol. The van der Waals surface area contributed by atoms with Crippen molar-refractivity contribution < 1.29 is 18.8 Å². The van der Waals surface area contributed by atoms with Crippen molar-refractivity contribution in [1.82, 2.24) is 9.61 Å². The largest absolute Gasteiger partial charge is 0.264 e. The van der Waals surface area contributed by atoms with Crippen molar-refractivity contribution in [3.8, 4) is 0 Å². The second-order valence-corrected chi connectivity index (χ2v) is 5.18. The van der Waals surface area contributed by atoms with Crippen LogP contribution in [-0.2, 0) is 9.84 Å². The number of sulfone groups is 1. The van der Waals surface area contributed by atoms with E-state index in [0.29, 0.717) is 0 Å². The van der Waals surface area contributed by atoms with Crippen LogP contribution in [0.1, 0.15) is 0 Å². The second-order valence-electron chi connectivity index (χ2n) is 3.25. The first kappa shape index (κ1) is 10.9. The van der Waals surface area contributed by atoms with E-state index in [2.05, 4.69) is 5.10 Å². The van der Waals surface area contributed by atoms with E-state index in [1.54, 1.807) is 12.1 Å². The molecule has 16 heavy (non-hydrogen) atoms. The van der Waals surface area contributed by atoms with Gasteiger partial charge in [-0.25, -0.2) is 12.9 Å². The summed E-state index contributed by atoms with van der Waals surface area (Å²) in [4.78, 5) is 0. The fourth-order valence-corrected chi connectivity index (χ4v) is 2.18. The summed E-state index contributed by atoms with van der Waals surface area (Å²) in [5, 5.41) is 21.2. The molecule has 0 fully saturated rings. The van der Waals surface area contributed by atoms with Gasteiger partial charge in [-0.05, 0) is 12.1 Å². The number of aromatic nitrogens is 2. The molecule has 0 atom stereocenters. The summed E-state index contributed by atoms with van der Waals surface area (Å²) < 4.78 is 24.1. The molecule has 2 heterocycles. The third kappa shape index (κ3) is 1.62. The van der Waals surface area contributed by atoms with Gasteiger partial charge in [-0.1, -0.05) is 6.07 Å². The number of pyridine rings is 1. The molecular formula is C8H9N3O4S. The third-order valence-corrected chi connectivity index (χ3v) is 3.01. The Morgan fingerprint density at radius 3 is 2.62 bits per heavy atom. The molecule has 0 aliphatic rings. The summed E-state index contributed by atoms with van der Waals surface area (Å²) in [6.45, 7) is 0. The van der Waals surface area contributed by atoms with Gasteiger partial charge in [-0.3, -0.25) is 10.4 Å². The molecule has 0 aliphatic heterocycles.